The first kappa shape index (κ1) is 21.3. The second-order valence-electron chi connectivity index (χ2n) is 8.44. The van der Waals surface area contributed by atoms with Crippen molar-refractivity contribution in [3.63, 3.8) is 0 Å². The Morgan fingerprint density at radius 1 is 1.06 bits per heavy atom. The molecular weight excluding hydrogens is 394 g/mol. The van der Waals surface area contributed by atoms with Gasteiger partial charge >= 0.3 is 6.03 Å². The smallest absolute Gasteiger partial charge is 0.318 e. The third-order valence-electron chi connectivity index (χ3n) is 6.13. The van der Waals surface area contributed by atoms with Crippen molar-refractivity contribution in [3.8, 4) is 0 Å². The Hall–Kier alpha value is -2.90. The molecule has 1 unspecified atom stereocenters. The number of nitrogens with one attached hydrogen (secondary N) is 2. The van der Waals surface area contributed by atoms with Crippen LogP contribution in [0.4, 0.5) is 4.79 Å². The Bertz CT molecular complexity index is 863. The molecule has 8 nitrogen and oxygen atoms in total. The molecule has 2 fully saturated rings. The van der Waals surface area contributed by atoms with Gasteiger partial charge in [-0.15, -0.1) is 0 Å². The molecule has 1 saturated carbocycles. The fourth-order valence-corrected chi connectivity index (χ4v) is 4.39. The maximum Gasteiger partial charge on any atom is 0.318 e. The number of likely N-dealkylation sites (tertiary alicyclic amines) is 1. The number of carbonyl (C=O) groups is 2. The molecule has 8 heteroatoms. The number of benzene rings is 1. The Kier molecular flexibility index (Phi) is 7.17. The summed E-state index contributed by atoms with van der Waals surface area (Å²) in [6, 6.07) is 9.88. The van der Waals surface area contributed by atoms with Gasteiger partial charge in [0.1, 0.15) is 0 Å². The zero-order valence-corrected chi connectivity index (χ0v) is 17.9. The topological polar surface area (TPSA) is 100 Å². The van der Waals surface area contributed by atoms with Crippen molar-refractivity contribution < 1.29 is 14.1 Å². The van der Waals surface area contributed by atoms with E-state index in [9.17, 15) is 9.59 Å². The van der Waals surface area contributed by atoms with E-state index in [2.05, 4.69) is 20.8 Å². The molecule has 1 atom stereocenters. The number of amides is 3. The molecule has 0 radical (unpaired) electrons. The predicted octanol–water partition coefficient (Wildman–Crippen LogP) is 3.50. The molecule has 2 aromatic rings. The van der Waals surface area contributed by atoms with Gasteiger partial charge in [-0.25, -0.2) is 4.79 Å². The van der Waals surface area contributed by atoms with Crippen molar-refractivity contribution in [1.82, 2.24) is 25.7 Å². The maximum atomic E-state index is 12.8. The summed E-state index contributed by atoms with van der Waals surface area (Å²) in [5.41, 5.74) is 1.06. The van der Waals surface area contributed by atoms with Crippen molar-refractivity contribution in [3.05, 3.63) is 47.6 Å². The van der Waals surface area contributed by atoms with Crippen molar-refractivity contribution in [2.24, 2.45) is 0 Å². The van der Waals surface area contributed by atoms with Crippen LogP contribution in [0.1, 0.15) is 74.7 Å². The van der Waals surface area contributed by atoms with Gasteiger partial charge in [0.25, 0.3) is 0 Å². The maximum absolute atomic E-state index is 12.8. The molecule has 2 heterocycles. The predicted molar refractivity (Wildman–Crippen MR) is 115 cm³/mol. The first-order chi connectivity index (χ1) is 15.2. The molecule has 0 spiro atoms. The molecule has 1 aromatic heterocycles. The largest absolute Gasteiger partial charge is 0.352 e. The molecule has 1 aliphatic carbocycles. The van der Waals surface area contributed by atoms with E-state index in [1.165, 1.54) is 19.3 Å². The summed E-state index contributed by atoms with van der Waals surface area (Å²) in [4.78, 5) is 31.2. The van der Waals surface area contributed by atoms with Gasteiger partial charge in [0.05, 0.1) is 6.04 Å². The summed E-state index contributed by atoms with van der Waals surface area (Å²) in [5.74, 6) is 0.915. The average molecular weight is 426 g/mol. The molecule has 2 N–H and O–H groups in total. The van der Waals surface area contributed by atoms with Gasteiger partial charge < -0.3 is 20.1 Å². The summed E-state index contributed by atoms with van der Waals surface area (Å²) in [5, 5.41) is 10.2. The molecule has 1 aliphatic heterocycles. The van der Waals surface area contributed by atoms with E-state index in [-0.39, 0.29) is 30.4 Å². The molecule has 1 aromatic carbocycles. The van der Waals surface area contributed by atoms with Crippen LogP contribution >= 0.6 is 0 Å². The number of hydrogen-bond acceptors (Lipinski definition) is 5. The van der Waals surface area contributed by atoms with E-state index in [0.29, 0.717) is 31.2 Å². The van der Waals surface area contributed by atoms with Gasteiger partial charge in [0.15, 0.2) is 5.82 Å². The zero-order valence-electron chi connectivity index (χ0n) is 17.9. The van der Waals surface area contributed by atoms with Crippen LogP contribution in [-0.2, 0) is 17.8 Å². The van der Waals surface area contributed by atoms with E-state index in [4.69, 9.17) is 4.52 Å². The number of carbonyl (C=O) groups excluding carboxylic acids is 2. The van der Waals surface area contributed by atoms with Crippen LogP contribution in [0.2, 0.25) is 0 Å². The Morgan fingerprint density at radius 3 is 2.68 bits per heavy atom. The number of aryl methyl sites for hydroxylation is 1. The summed E-state index contributed by atoms with van der Waals surface area (Å²) >= 11 is 0. The van der Waals surface area contributed by atoms with Gasteiger partial charge in [-0.3, -0.25) is 4.79 Å². The van der Waals surface area contributed by atoms with Gasteiger partial charge in [-0.05, 0) is 31.2 Å². The fourth-order valence-electron chi connectivity index (χ4n) is 4.39. The number of rotatable bonds is 7. The van der Waals surface area contributed by atoms with Crippen LogP contribution in [0.25, 0.3) is 0 Å². The van der Waals surface area contributed by atoms with Crippen molar-refractivity contribution in [2.75, 3.05) is 6.54 Å². The van der Waals surface area contributed by atoms with Crippen LogP contribution in [0.3, 0.4) is 0 Å². The fraction of sp³-hybridized carbons (Fsp3) is 0.565. The Labute approximate surface area is 182 Å². The highest BCUT2D eigenvalue weighted by Crippen LogP contribution is 2.30. The van der Waals surface area contributed by atoms with E-state index < -0.39 is 0 Å². The van der Waals surface area contributed by atoms with E-state index in [0.717, 1.165) is 31.2 Å². The quantitative estimate of drug-likeness (QED) is 0.707. The first-order valence-corrected chi connectivity index (χ1v) is 11.4. The number of urea groups is 1. The Morgan fingerprint density at radius 2 is 1.87 bits per heavy atom. The number of nitrogens with zero attached hydrogens (tertiary/aromatic N) is 3. The normalized spacial score (nSPS) is 19.4. The van der Waals surface area contributed by atoms with Crippen molar-refractivity contribution in [2.45, 2.75) is 76.4 Å². The second kappa shape index (κ2) is 10.4. The lowest BCUT2D eigenvalue weighted by Gasteiger charge is -2.28. The average Bonchev–Trinajstić information content (AvgIpc) is 3.47. The van der Waals surface area contributed by atoms with Crippen LogP contribution in [0, 0.1) is 0 Å². The minimum Gasteiger partial charge on any atom is -0.352 e. The molecule has 4 rings (SSSR count). The molecule has 3 amide bonds. The summed E-state index contributed by atoms with van der Waals surface area (Å²) < 4.78 is 5.37. The van der Waals surface area contributed by atoms with E-state index in [1.807, 2.05) is 35.2 Å². The lowest BCUT2D eigenvalue weighted by atomic mass is 9.96. The number of aromatic nitrogens is 2. The SMILES string of the molecule is O=C(CCc1nc(C2CCCN2C(=O)NC2CCCCC2)no1)NCc1ccccc1. The first-order valence-electron chi connectivity index (χ1n) is 11.4. The molecule has 0 bridgehead atoms. The molecular formula is C23H31N5O3. The molecule has 1 saturated heterocycles. The lowest BCUT2D eigenvalue weighted by Crippen LogP contribution is -2.45. The van der Waals surface area contributed by atoms with Crippen LogP contribution < -0.4 is 10.6 Å². The van der Waals surface area contributed by atoms with Crippen molar-refractivity contribution in [1.29, 1.82) is 0 Å². The lowest BCUT2D eigenvalue weighted by molar-refractivity contribution is -0.121. The van der Waals surface area contributed by atoms with Crippen LogP contribution in [-0.4, -0.2) is 39.6 Å². The summed E-state index contributed by atoms with van der Waals surface area (Å²) in [6.07, 6.45) is 8.16. The van der Waals surface area contributed by atoms with Crippen molar-refractivity contribution >= 4 is 11.9 Å². The van der Waals surface area contributed by atoms with E-state index in [1.54, 1.807) is 0 Å². The van der Waals surface area contributed by atoms with E-state index >= 15 is 0 Å². The van der Waals surface area contributed by atoms with Crippen LogP contribution in [0.15, 0.2) is 34.9 Å². The highest BCUT2D eigenvalue weighted by molar-refractivity contribution is 5.76. The third-order valence-corrected chi connectivity index (χ3v) is 6.13. The molecule has 166 valence electrons. The third kappa shape index (κ3) is 5.83. The summed E-state index contributed by atoms with van der Waals surface area (Å²) in [7, 11) is 0. The summed E-state index contributed by atoms with van der Waals surface area (Å²) in [6.45, 7) is 1.21. The monoisotopic (exact) mass is 425 g/mol. The highest BCUT2D eigenvalue weighted by Gasteiger charge is 2.34. The molecule has 2 aliphatic rings. The van der Waals surface area contributed by atoms with Gasteiger partial charge in [0.2, 0.25) is 11.8 Å². The minimum atomic E-state index is -0.159. The second-order valence-corrected chi connectivity index (χ2v) is 8.44. The number of hydrogen-bond donors (Lipinski definition) is 2. The Balaban J connectivity index is 1.26. The minimum absolute atomic E-state index is 0.0268. The van der Waals surface area contributed by atoms with Gasteiger partial charge in [0, 0.05) is 32.0 Å². The zero-order chi connectivity index (χ0) is 21.5. The van der Waals surface area contributed by atoms with Gasteiger partial charge in [-0.1, -0.05) is 54.8 Å². The molecule has 31 heavy (non-hydrogen) atoms. The highest BCUT2D eigenvalue weighted by atomic mass is 16.5. The van der Waals surface area contributed by atoms with Gasteiger partial charge in [-0.2, -0.15) is 4.98 Å². The van der Waals surface area contributed by atoms with Crippen LogP contribution in [0.5, 0.6) is 0 Å². The standard InChI is InChI=1S/C23H31N5O3/c29-20(24-16-17-8-3-1-4-9-17)13-14-21-26-22(27-31-21)19-12-7-15-28(19)23(30)25-18-10-5-2-6-11-18/h1,3-4,8-9,18-19H,2,5-7,10-16H2,(H,24,29)(H,25,30).